The van der Waals surface area contributed by atoms with Crippen LogP contribution in [0.5, 0.6) is 0 Å². The van der Waals surface area contributed by atoms with Crippen LogP contribution in [0.2, 0.25) is 0 Å². The predicted molar refractivity (Wildman–Crippen MR) is 128 cm³/mol. The molecule has 0 unspecified atom stereocenters. The Labute approximate surface area is 198 Å². The number of hydrogen-bond acceptors (Lipinski definition) is 5. The number of aromatic nitrogens is 4. The normalized spacial score (nSPS) is 11.9. The van der Waals surface area contributed by atoms with Gasteiger partial charge in [0.05, 0.1) is 22.7 Å². The van der Waals surface area contributed by atoms with Crippen molar-refractivity contribution in [1.82, 2.24) is 19.4 Å². The topological polar surface area (TPSA) is 109 Å². The van der Waals surface area contributed by atoms with Gasteiger partial charge in [0, 0.05) is 41.3 Å². The van der Waals surface area contributed by atoms with Crippen LogP contribution in [0.4, 0.5) is 14.5 Å². The fourth-order valence-corrected chi connectivity index (χ4v) is 5.11. The summed E-state index contributed by atoms with van der Waals surface area (Å²) in [5.74, 6) is -3.57. The number of H-pyrrole nitrogens is 1. The minimum atomic E-state index is -3.85. The summed E-state index contributed by atoms with van der Waals surface area (Å²) in [7, 11) is -3.85. The molecule has 0 fully saturated rings. The van der Waals surface area contributed by atoms with Crippen molar-refractivity contribution in [3.63, 3.8) is 0 Å². The van der Waals surface area contributed by atoms with Gasteiger partial charge in [-0.15, -0.1) is 0 Å². The number of ketones is 1. The molecule has 5 aromatic rings. The number of nitrogens with zero attached hydrogens (tertiary/aromatic N) is 3. The van der Waals surface area contributed by atoms with Crippen LogP contribution in [0.1, 0.15) is 29.3 Å². The molecular weight excluding hydrogens is 476 g/mol. The third kappa shape index (κ3) is 4.03. The zero-order chi connectivity index (χ0) is 24.7. The van der Waals surface area contributed by atoms with Gasteiger partial charge in [-0.3, -0.25) is 13.9 Å². The molecule has 0 aliphatic heterocycles. The average molecular weight is 496 g/mol. The number of carbonyl (C=O) groups is 1. The maximum atomic E-state index is 15.2. The fraction of sp³-hybridized carbons (Fsp3) is 0.125. The van der Waals surface area contributed by atoms with E-state index in [1.54, 1.807) is 31.6 Å². The molecule has 11 heteroatoms. The molecular formula is C24H19F2N5O3S. The molecule has 4 aromatic heterocycles. The van der Waals surface area contributed by atoms with Gasteiger partial charge in [0.25, 0.3) is 0 Å². The number of hydrogen-bond donors (Lipinski definition) is 2. The van der Waals surface area contributed by atoms with E-state index in [4.69, 9.17) is 0 Å². The van der Waals surface area contributed by atoms with Crippen LogP contribution in [0, 0.1) is 11.6 Å². The molecule has 0 aliphatic rings. The number of fused-ring (bicyclic) bond motifs is 2. The summed E-state index contributed by atoms with van der Waals surface area (Å²) in [6.07, 6.45) is 6.69. The van der Waals surface area contributed by atoms with Crippen molar-refractivity contribution in [3.8, 4) is 11.3 Å². The quantitative estimate of drug-likeness (QED) is 0.322. The maximum Gasteiger partial charge on any atom is 0.232 e. The Morgan fingerprint density at radius 3 is 2.80 bits per heavy atom. The van der Waals surface area contributed by atoms with Gasteiger partial charge in [0.15, 0.2) is 5.82 Å². The van der Waals surface area contributed by atoms with Crippen molar-refractivity contribution >= 4 is 38.2 Å². The lowest BCUT2D eigenvalue weighted by molar-refractivity contribution is 0.103. The lowest BCUT2D eigenvalue weighted by Crippen LogP contribution is -2.18. The van der Waals surface area contributed by atoms with Crippen LogP contribution in [0.15, 0.2) is 61.2 Å². The smallest absolute Gasteiger partial charge is 0.232 e. The summed E-state index contributed by atoms with van der Waals surface area (Å²) >= 11 is 0. The van der Waals surface area contributed by atoms with Gasteiger partial charge in [-0.2, -0.15) is 0 Å². The largest absolute Gasteiger partial charge is 0.345 e. The first kappa shape index (κ1) is 22.7. The van der Waals surface area contributed by atoms with Crippen molar-refractivity contribution in [2.24, 2.45) is 0 Å². The molecule has 4 heterocycles. The lowest BCUT2D eigenvalue weighted by atomic mass is 10.0. The first-order valence-electron chi connectivity index (χ1n) is 10.7. The number of pyridine rings is 2. The van der Waals surface area contributed by atoms with E-state index in [0.29, 0.717) is 23.0 Å². The second-order valence-electron chi connectivity index (χ2n) is 7.92. The van der Waals surface area contributed by atoms with Gasteiger partial charge in [-0.05, 0) is 36.8 Å². The van der Waals surface area contributed by atoms with E-state index in [0.717, 1.165) is 23.5 Å². The number of aromatic amines is 1. The molecule has 5 rings (SSSR count). The van der Waals surface area contributed by atoms with E-state index < -0.39 is 38.7 Å². The van der Waals surface area contributed by atoms with Crippen LogP contribution in [0.3, 0.4) is 0 Å². The lowest BCUT2D eigenvalue weighted by Gasteiger charge is -2.11. The van der Waals surface area contributed by atoms with E-state index in [-0.39, 0.29) is 11.3 Å². The number of benzene rings is 1. The monoisotopic (exact) mass is 495 g/mol. The molecule has 35 heavy (non-hydrogen) atoms. The van der Waals surface area contributed by atoms with Crippen LogP contribution >= 0.6 is 0 Å². The highest BCUT2D eigenvalue weighted by Gasteiger charge is 2.26. The third-order valence-electron chi connectivity index (χ3n) is 5.56. The van der Waals surface area contributed by atoms with Gasteiger partial charge >= 0.3 is 0 Å². The molecule has 0 aliphatic carbocycles. The minimum absolute atomic E-state index is 0.00137. The number of sulfonamides is 1. The van der Waals surface area contributed by atoms with Gasteiger partial charge in [-0.1, -0.05) is 13.0 Å². The Bertz CT molecular complexity index is 1710. The number of carbonyl (C=O) groups excluding carboxylic acids is 1. The zero-order valence-corrected chi connectivity index (χ0v) is 19.2. The van der Waals surface area contributed by atoms with Gasteiger partial charge in [-0.25, -0.2) is 27.2 Å². The maximum absolute atomic E-state index is 15.2. The van der Waals surface area contributed by atoms with Crippen LogP contribution < -0.4 is 4.72 Å². The van der Waals surface area contributed by atoms with E-state index in [9.17, 15) is 17.6 Å². The van der Waals surface area contributed by atoms with Crippen molar-refractivity contribution in [2.75, 3.05) is 10.5 Å². The predicted octanol–water partition coefficient (Wildman–Crippen LogP) is 4.54. The third-order valence-corrected chi connectivity index (χ3v) is 7.03. The first-order valence-corrected chi connectivity index (χ1v) is 12.4. The Morgan fingerprint density at radius 1 is 1.17 bits per heavy atom. The van der Waals surface area contributed by atoms with E-state index in [1.165, 1.54) is 6.20 Å². The molecule has 1 aromatic carbocycles. The molecule has 178 valence electrons. The molecule has 0 atom stereocenters. The van der Waals surface area contributed by atoms with Gasteiger partial charge < -0.3 is 4.98 Å². The number of nitrogens with one attached hydrogen (secondary N) is 2. The molecule has 8 nitrogen and oxygen atoms in total. The Kier molecular flexibility index (Phi) is 5.56. The molecule has 0 amide bonds. The highest BCUT2D eigenvalue weighted by atomic mass is 32.2. The summed E-state index contributed by atoms with van der Waals surface area (Å²) in [6.45, 7) is 1.65. The molecule has 0 spiro atoms. The Morgan fingerprint density at radius 2 is 2.00 bits per heavy atom. The summed E-state index contributed by atoms with van der Waals surface area (Å²) in [4.78, 5) is 24.8. The number of anilines is 1. The molecule has 2 N–H and O–H groups in total. The molecule has 0 bridgehead atoms. The van der Waals surface area contributed by atoms with Gasteiger partial charge in [0.2, 0.25) is 15.8 Å². The molecule has 0 saturated carbocycles. The van der Waals surface area contributed by atoms with Crippen molar-refractivity contribution in [2.45, 2.75) is 13.3 Å². The SMILES string of the molecule is CCCS(=O)(=O)Nc1ccc(F)c(C(=O)c2c[nH]c3ncc(-c4cccc5nccn45)cc23)c1F. The summed E-state index contributed by atoms with van der Waals surface area (Å²) in [5, 5.41) is 0.361. The molecule has 0 saturated heterocycles. The highest BCUT2D eigenvalue weighted by molar-refractivity contribution is 7.92. The first-order chi connectivity index (χ1) is 16.8. The van der Waals surface area contributed by atoms with Gasteiger partial charge in [0.1, 0.15) is 17.1 Å². The standard InChI is InChI=1S/C24H19F2N5O3S/c1-2-10-35(33,34)30-18-7-6-17(25)21(22(18)26)23(32)16-13-29-24-15(16)11-14(12-28-24)19-4-3-5-20-27-8-9-31(19)20/h3-9,11-13,30H,2,10H2,1H3,(H,28,29). The number of rotatable bonds is 7. The van der Waals surface area contributed by atoms with Crippen molar-refractivity contribution < 1.29 is 22.0 Å². The second-order valence-corrected chi connectivity index (χ2v) is 9.76. The van der Waals surface area contributed by atoms with E-state index >= 15 is 4.39 Å². The van der Waals surface area contributed by atoms with Crippen LogP contribution in [0.25, 0.3) is 27.9 Å². The highest BCUT2D eigenvalue weighted by Crippen LogP contribution is 2.30. The Balaban J connectivity index is 1.60. The summed E-state index contributed by atoms with van der Waals surface area (Å²) < 4.78 is 58.0. The second kappa shape index (κ2) is 8.58. The van der Waals surface area contributed by atoms with E-state index in [2.05, 4.69) is 19.7 Å². The Hall–Kier alpha value is -4.12. The van der Waals surface area contributed by atoms with Crippen LogP contribution in [-0.4, -0.2) is 39.3 Å². The van der Waals surface area contributed by atoms with Crippen molar-refractivity contribution in [3.05, 3.63) is 83.9 Å². The number of halogens is 2. The average Bonchev–Trinajstić information content (AvgIpc) is 3.47. The van der Waals surface area contributed by atoms with Crippen molar-refractivity contribution in [1.29, 1.82) is 0 Å². The summed E-state index contributed by atoms with van der Waals surface area (Å²) in [6, 6.07) is 9.05. The minimum Gasteiger partial charge on any atom is -0.345 e. The van der Waals surface area contributed by atoms with E-state index in [1.807, 2.05) is 22.6 Å². The zero-order valence-electron chi connectivity index (χ0n) is 18.4. The fourth-order valence-electron chi connectivity index (χ4n) is 3.98. The van der Waals surface area contributed by atoms with Crippen LogP contribution in [-0.2, 0) is 10.0 Å². The number of imidazole rings is 1. The molecule has 0 radical (unpaired) electrons. The summed E-state index contributed by atoms with van der Waals surface area (Å²) in [5.41, 5.74) is 1.15.